The fraction of sp³-hybridized carbons (Fsp3) is 0.650. The zero-order chi connectivity index (χ0) is 18.1. The van der Waals surface area contributed by atoms with E-state index in [0.29, 0.717) is 19.0 Å². The molecule has 138 valence electrons. The van der Waals surface area contributed by atoms with Gasteiger partial charge in [0.2, 0.25) is 0 Å². The van der Waals surface area contributed by atoms with Crippen LogP contribution in [0.15, 0.2) is 30.3 Å². The molecule has 2 N–H and O–H groups in total. The molecule has 0 bridgehead atoms. The van der Waals surface area contributed by atoms with Gasteiger partial charge in [-0.05, 0) is 25.3 Å². The van der Waals surface area contributed by atoms with Crippen LogP contribution in [-0.4, -0.2) is 59.8 Å². The summed E-state index contributed by atoms with van der Waals surface area (Å²) in [7, 11) is 0. The highest BCUT2D eigenvalue weighted by Gasteiger charge is 2.47. The quantitative estimate of drug-likeness (QED) is 0.891. The number of benzene rings is 1. The second-order valence-corrected chi connectivity index (χ2v) is 8.51. The molecule has 0 radical (unpaired) electrons. The van der Waals surface area contributed by atoms with E-state index in [4.69, 9.17) is 10.5 Å². The van der Waals surface area contributed by atoms with Crippen LogP contribution < -0.4 is 5.73 Å². The number of nitrogens with zero attached hydrogens (tertiary/aromatic N) is 2. The second kappa shape index (κ2) is 6.96. The number of hydrogen-bond acceptors (Lipinski definition) is 4. The molecule has 1 atom stereocenters. The Morgan fingerprint density at radius 1 is 1.24 bits per heavy atom. The Hall–Kier alpha value is -1.59. The SMILES string of the molecule is CC(CN1CC2(CCN(CC(C)(C)N)CC2)OC1=O)c1ccccc1. The number of carbonyl (C=O) groups excluding carboxylic acids is 1. The zero-order valence-electron chi connectivity index (χ0n) is 15.7. The monoisotopic (exact) mass is 345 g/mol. The standard InChI is InChI=1S/C20H31N3O2/c1-16(17-7-5-4-6-8-17)13-23-15-20(25-18(23)24)9-11-22(12-10-20)14-19(2,3)21/h4-8,16H,9-15,21H2,1-3H3. The predicted octanol–water partition coefficient (Wildman–Crippen LogP) is 2.81. The summed E-state index contributed by atoms with van der Waals surface area (Å²) >= 11 is 0. The first-order chi connectivity index (χ1) is 11.8. The van der Waals surface area contributed by atoms with Gasteiger partial charge in [0.1, 0.15) is 5.60 Å². The van der Waals surface area contributed by atoms with E-state index in [0.717, 1.165) is 32.5 Å². The molecule has 1 aromatic carbocycles. The molecule has 0 aromatic heterocycles. The number of nitrogens with two attached hydrogens (primary N) is 1. The third-order valence-corrected chi connectivity index (χ3v) is 5.30. The zero-order valence-corrected chi connectivity index (χ0v) is 15.7. The van der Waals surface area contributed by atoms with Crippen molar-refractivity contribution < 1.29 is 9.53 Å². The van der Waals surface area contributed by atoms with Gasteiger partial charge >= 0.3 is 6.09 Å². The first-order valence-electron chi connectivity index (χ1n) is 9.30. The average molecular weight is 345 g/mol. The molecule has 25 heavy (non-hydrogen) atoms. The lowest BCUT2D eigenvalue weighted by molar-refractivity contribution is -0.00291. The number of ether oxygens (including phenoxy) is 1. The summed E-state index contributed by atoms with van der Waals surface area (Å²) in [5.74, 6) is 0.307. The third-order valence-electron chi connectivity index (χ3n) is 5.30. The molecule has 2 heterocycles. The Labute approximate surface area is 151 Å². The molecular weight excluding hydrogens is 314 g/mol. The van der Waals surface area contributed by atoms with Crippen molar-refractivity contribution in [3.8, 4) is 0 Å². The van der Waals surface area contributed by atoms with Crippen LogP contribution in [0.4, 0.5) is 4.79 Å². The van der Waals surface area contributed by atoms with E-state index in [9.17, 15) is 4.79 Å². The van der Waals surface area contributed by atoms with Gasteiger partial charge in [0.15, 0.2) is 0 Å². The second-order valence-electron chi connectivity index (χ2n) is 8.51. The third kappa shape index (κ3) is 4.53. The number of hydrogen-bond donors (Lipinski definition) is 1. The maximum Gasteiger partial charge on any atom is 0.410 e. The lowest BCUT2D eigenvalue weighted by atomic mass is 9.90. The number of likely N-dealkylation sites (tertiary alicyclic amines) is 1. The van der Waals surface area contributed by atoms with Gasteiger partial charge < -0.3 is 20.3 Å². The minimum atomic E-state index is -0.303. The molecule has 5 heteroatoms. The lowest BCUT2D eigenvalue weighted by Gasteiger charge is -2.39. The van der Waals surface area contributed by atoms with Gasteiger partial charge in [-0.1, -0.05) is 37.3 Å². The van der Waals surface area contributed by atoms with E-state index >= 15 is 0 Å². The van der Waals surface area contributed by atoms with Gasteiger partial charge in [-0.25, -0.2) is 4.79 Å². The van der Waals surface area contributed by atoms with E-state index in [1.807, 2.05) is 23.1 Å². The molecule has 2 aliphatic heterocycles. The summed E-state index contributed by atoms with van der Waals surface area (Å²) in [6.45, 7) is 10.5. The van der Waals surface area contributed by atoms with Gasteiger partial charge in [-0.15, -0.1) is 0 Å². The molecule has 1 spiro atoms. The Morgan fingerprint density at radius 3 is 2.48 bits per heavy atom. The van der Waals surface area contributed by atoms with Crippen LogP contribution in [0.3, 0.4) is 0 Å². The van der Waals surface area contributed by atoms with E-state index in [1.54, 1.807) is 0 Å². The molecule has 2 saturated heterocycles. The van der Waals surface area contributed by atoms with E-state index in [1.165, 1.54) is 5.56 Å². The highest BCUT2D eigenvalue weighted by Crippen LogP contribution is 2.34. The molecule has 1 unspecified atom stereocenters. The molecule has 2 aliphatic rings. The Kier molecular flexibility index (Phi) is 5.07. The molecule has 2 fully saturated rings. The minimum Gasteiger partial charge on any atom is -0.441 e. The number of carbonyl (C=O) groups is 1. The van der Waals surface area contributed by atoms with Gasteiger partial charge in [-0.3, -0.25) is 0 Å². The fourth-order valence-corrected chi connectivity index (χ4v) is 4.01. The Morgan fingerprint density at radius 2 is 1.88 bits per heavy atom. The van der Waals surface area contributed by atoms with Crippen LogP contribution in [0.5, 0.6) is 0 Å². The van der Waals surface area contributed by atoms with Crippen LogP contribution in [0.2, 0.25) is 0 Å². The van der Waals surface area contributed by atoms with Crippen LogP contribution in [-0.2, 0) is 4.74 Å². The average Bonchev–Trinajstić information content (AvgIpc) is 2.85. The summed E-state index contributed by atoms with van der Waals surface area (Å²) in [4.78, 5) is 16.7. The summed E-state index contributed by atoms with van der Waals surface area (Å²) < 4.78 is 5.85. The van der Waals surface area contributed by atoms with Gasteiger partial charge in [0.25, 0.3) is 0 Å². The topological polar surface area (TPSA) is 58.8 Å². The fourth-order valence-electron chi connectivity index (χ4n) is 4.01. The normalized spacial score (nSPS) is 22.2. The summed E-state index contributed by atoms with van der Waals surface area (Å²) in [5.41, 5.74) is 6.90. The summed E-state index contributed by atoms with van der Waals surface area (Å²) in [6.07, 6.45) is 1.63. The lowest BCUT2D eigenvalue weighted by Crippen LogP contribution is -2.52. The Bertz CT molecular complexity index is 589. The van der Waals surface area contributed by atoms with Crippen molar-refractivity contribution in [2.24, 2.45) is 5.73 Å². The van der Waals surface area contributed by atoms with Crippen molar-refractivity contribution >= 4 is 6.09 Å². The van der Waals surface area contributed by atoms with Gasteiger partial charge in [0, 0.05) is 44.6 Å². The van der Waals surface area contributed by atoms with Crippen LogP contribution in [0, 0.1) is 0 Å². The first-order valence-corrected chi connectivity index (χ1v) is 9.30. The number of amides is 1. The van der Waals surface area contributed by atoms with Crippen molar-refractivity contribution in [2.45, 2.75) is 50.7 Å². The molecular formula is C20H31N3O2. The molecule has 1 amide bonds. The van der Waals surface area contributed by atoms with E-state index < -0.39 is 0 Å². The Balaban J connectivity index is 1.56. The smallest absolute Gasteiger partial charge is 0.410 e. The highest BCUT2D eigenvalue weighted by molar-refractivity contribution is 5.70. The van der Waals surface area contributed by atoms with Crippen LogP contribution in [0.1, 0.15) is 45.1 Å². The molecule has 5 nitrogen and oxygen atoms in total. The first kappa shape index (κ1) is 18.2. The molecule has 1 aromatic rings. The van der Waals surface area contributed by atoms with Gasteiger partial charge in [0.05, 0.1) is 6.54 Å². The highest BCUT2D eigenvalue weighted by atomic mass is 16.6. The van der Waals surface area contributed by atoms with Crippen molar-refractivity contribution in [3.63, 3.8) is 0 Å². The summed E-state index contributed by atoms with van der Waals surface area (Å²) in [5, 5.41) is 0. The summed E-state index contributed by atoms with van der Waals surface area (Å²) in [6, 6.07) is 10.4. The number of rotatable bonds is 5. The van der Waals surface area contributed by atoms with Crippen molar-refractivity contribution in [3.05, 3.63) is 35.9 Å². The van der Waals surface area contributed by atoms with E-state index in [-0.39, 0.29) is 17.2 Å². The van der Waals surface area contributed by atoms with Crippen LogP contribution in [0.25, 0.3) is 0 Å². The molecule has 0 aliphatic carbocycles. The van der Waals surface area contributed by atoms with Crippen molar-refractivity contribution in [1.82, 2.24) is 9.80 Å². The van der Waals surface area contributed by atoms with Crippen LogP contribution >= 0.6 is 0 Å². The maximum atomic E-state index is 12.4. The largest absolute Gasteiger partial charge is 0.441 e. The van der Waals surface area contributed by atoms with Crippen molar-refractivity contribution in [2.75, 3.05) is 32.7 Å². The van der Waals surface area contributed by atoms with E-state index in [2.05, 4.69) is 37.8 Å². The number of piperidine rings is 1. The molecule has 3 rings (SSSR count). The van der Waals surface area contributed by atoms with Gasteiger partial charge in [-0.2, -0.15) is 0 Å². The van der Waals surface area contributed by atoms with Crippen molar-refractivity contribution in [1.29, 1.82) is 0 Å². The maximum absolute atomic E-state index is 12.4. The predicted molar refractivity (Wildman–Crippen MR) is 99.6 cm³/mol. The minimum absolute atomic E-state index is 0.157. The molecule has 0 saturated carbocycles.